The zero-order chi connectivity index (χ0) is 24.8. The molecule has 0 bridgehead atoms. The van der Waals surface area contributed by atoms with E-state index in [0.717, 1.165) is 25.7 Å². The molecule has 0 saturated carbocycles. The van der Waals surface area contributed by atoms with E-state index in [4.69, 9.17) is 0 Å². The largest absolute Gasteiger partial charge is 0.300 e. The van der Waals surface area contributed by atoms with Gasteiger partial charge in [-0.15, -0.1) is 0 Å². The molecule has 0 aromatic carbocycles. The highest BCUT2D eigenvalue weighted by atomic mass is 16.1. The summed E-state index contributed by atoms with van der Waals surface area (Å²) in [5, 5.41) is 0. The SMILES string of the molecule is CCCCCCC=CCCCCCCCC(=O)CCCCCCCC=CCCCCCCCC. The van der Waals surface area contributed by atoms with E-state index in [-0.39, 0.29) is 0 Å². The maximum Gasteiger partial charge on any atom is 0.132 e. The van der Waals surface area contributed by atoms with E-state index in [1.165, 1.54) is 141 Å². The second kappa shape index (κ2) is 30.2. The van der Waals surface area contributed by atoms with Gasteiger partial charge in [-0.25, -0.2) is 0 Å². The van der Waals surface area contributed by atoms with Crippen molar-refractivity contribution in [1.82, 2.24) is 0 Å². The van der Waals surface area contributed by atoms with Gasteiger partial charge in [0.25, 0.3) is 0 Å². The highest BCUT2D eigenvalue weighted by Gasteiger charge is 2.02. The smallest absolute Gasteiger partial charge is 0.132 e. The van der Waals surface area contributed by atoms with Gasteiger partial charge in [-0.2, -0.15) is 0 Å². The monoisotopic (exact) mass is 474 g/mol. The molecule has 0 N–H and O–H groups in total. The number of unbranched alkanes of at least 4 members (excludes halogenated alkanes) is 20. The lowest BCUT2D eigenvalue weighted by Crippen LogP contribution is -1.97. The summed E-state index contributed by atoms with van der Waals surface area (Å²) >= 11 is 0. The van der Waals surface area contributed by atoms with Gasteiger partial charge in [0.1, 0.15) is 5.78 Å². The minimum Gasteiger partial charge on any atom is -0.300 e. The summed E-state index contributed by atoms with van der Waals surface area (Å²) in [6, 6.07) is 0. The van der Waals surface area contributed by atoms with E-state index >= 15 is 0 Å². The fourth-order valence-corrected chi connectivity index (χ4v) is 4.56. The van der Waals surface area contributed by atoms with Crippen molar-refractivity contribution in [2.45, 2.75) is 181 Å². The zero-order valence-electron chi connectivity index (χ0n) is 23.6. The molecule has 0 fully saturated rings. The average molecular weight is 475 g/mol. The first kappa shape index (κ1) is 33.1. The van der Waals surface area contributed by atoms with Gasteiger partial charge in [0.05, 0.1) is 0 Å². The maximum atomic E-state index is 12.1. The number of ketones is 1. The third kappa shape index (κ3) is 29.2. The molecule has 0 atom stereocenters. The number of carbonyl (C=O) groups excluding carboxylic acids is 1. The van der Waals surface area contributed by atoms with Gasteiger partial charge in [-0.3, -0.25) is 4.79 Å². The molecule has 34 heavy (non-hydrogen) atoms. The number of hydrogen-bond acceptors (Lipinski definition) is 1. The van der Waals surface area contributed by atoms with Crippen LogP contribution in [0.3, 0.4) is 0 Å². The van der Waals surface area contributed by atoms with E-state index in [1.54, 1.807) is 0 Å². The Balaban J connectivity index is 3.24. The molecule has 1 heteroatoms. The van der Waals surface area contributed by atoms with Gasteiger partial charge in [-0.1, -0.05) is 128 Å². The molecule has 0 amide bonds. The van der Waals surface area contributed by atoms with Crippen molar-refractivity contribution >= 4 is 5.78 Å². The first-order chi connectivity index (χ1) is 16.8. The van der Waals surface area contributed by atoms with Crippen LogP contribution in [0.1, 0.15) is 181 Å². The van der Waals surface area contributed by atoms with Crippen molar-refractivity contribution in [3.05, 3.63) is 24.3 Å². The second-order valence-electron chi connectivity index (χ2n) is 10.5. The lowest BCUT2D eigenvalue weighted by molar-refractivity contribution is -0.119. The molecule has 0 saturated heterocycles. The van der Waals surface area contributed by atoms with Crippen LogP contribution >= 0.6 is 0 Å². The molecule has 0 aliphatic rings. The molecule has 0 spiro atoms. The van der Waals surface area contributed by atoms with E-state index in [1.807, 2.05) is 0 Å². The number of rotatable bonds is 28. The Morgan fingerprint density at radius 1 is 0.382 bits per heavy atom. The highest BCUT2D eigenvalue weighted by Crippen LogP contribution is 2.13. The number of carbonyl (C=O) groups is 1. The van der Waals surface area contributed by atoms with Gasteiger partial charge in [0.2, 0.25) is 0 Å². The molecule has 0 aliphatic carbocycles. The summed E-state index contributed by atoms with van der Waals surface area (Å²) in [6.07, 6.45) is 42.6. The Morgan fingerprint density at radius 2 is 0.647 bits per heavy atom. The van der Waals surface area contributed by atoms with Crippen LogP contribution in [0.2, 0.25) is 0 Å². The minimum absolute atomic E-state index is 0.503. The third-order valence-electron chi connectivity index (χ3n) is 6.93. The van der Waals surface area contributed by atoms with Gasteiger partial charge in [-0.05, 0) is 64.2 Å². The first-order valence-electron chi connectivity index (χ1n) is 15.6. The first-order valence-corrected chi connectivity index (χ1v) is 15.6. The topological polar surface area (TPSA) is 17.1 Å². The van der Waals surface area contributed by atoms with Crippen LogP contribution in [0.15, 0.2) is 24.3 Å². The molecular formula is C33H62O. The van der Waals surface area contributed by atoms with E-state index < -0.39 is 0 Å². The molecule has 0 aromatic rings. The van der Waals surface area contributed by atoms with Gasteiger partial charge >= 0.3 is 0 Å². The fraction of sp³-hybridized carbons (Fsp3) is 0.848. The van der Waals surface area contributed by atoms with Crippen LogP contribution in [0, 0.1) is 0 Å². The summed E-state index contributed by atoms with van der Waals surface area (Å²) in [5.74, 6) is 0.503. The number of hydrogen-bond donors (Lipinski definition) is 0. The van der Waals surface area contributed by atoms with Crippen LogP contribution < -0.4 is 0 Å². The normalized spacial score (nSPS) is 11.8. The number of Topliss-reactive ketones (excluding diaryl/α,β-unsaturated/α-hetero) is 1. The molecule has 200 valence electrons. The quantitative estimate of drug-likeness (QED) is 0.0813. The van der Waals surface area contributed by atoms with E-state index in [9.17, 15) is 4.79 Å². The minimum atomic E-state index is 0.503. The molecule has 1 nitrogen and oxygen atoms in total. The zero-order valence-corrected chi connectivity index (χ0v) is 23.6. The summed E-state index contributed by atoms with van der Waals surface area (Å²) in [5.41, 5.74) is 0. The van der Waals surface area contributed by atoms with Crippen molar-refractivity contribution in [3.8, 4) is 0 Å². The molecule has 0 aliphatic heterocycles. The predicted molar refractivity (Wildman–Crippen MR) is 155 cm³/mol. The summed E-state index contributed by atoms with van der Waals surface area (Å²) < 4.78 is 0. The summed E-state index contributed by atoms with van der Waals surface area (Å²) in [7, 11) is 0. The lowest BCUT2D eigenvalue weighted by Gasteiger charge is -2.03. The van der Waals surface area contributed by atoms with Gasteiger partial charge in [0, 0.05) is 12.8 Å². The van der Waals surface area contributed by atoms with Crippen LogP contribution in [-0.2, 0) is 4.79 Å². The Bertz CT molecular complexity index is 447. The van der Waals surface area contributed by atoms with Crippen molar-refractivity contribution in [1.29, 1.82) is 0 Å². The molecule has 0 rings (SSSR count). The van der Waals surface area contributed by atoms with Crippen molar-refractivity contribution < 1.29 is 4.79 Å². The number of allylic oxidation sites excluding steroid dienone is 4. The van der Waals surface area contributed by atoms with Crippen molar-refractivity contribution in [2.75, 3.05) is 0 Å². The van der Waals surface area contributed by atoms with Gasteiger partial charge in [0.15, 0.2) is 0 Å². The predicted octanol–water partition coefficient (Wildman–Crippen LogP) is 11.9. The molecule has 0 heterocycles. The molecule has 0 aromatic heterocycles. The van der Waals surface area contributed by atoms with E-state index in [0.29, 0.717) is 5.78 Å². The van der Waals surface area contributed by atoms with Crippen LogP contribution in [0.4, 0.5) is 0 Å². The fourth-order valence-electron chi connectivity index (χ4n) is 4.56. The average Bonchev–Trinajstić information content (AvgIpc) is 2.84. The lowest BCUT2D eigenvalue weighted by atomic mass is 10.0. The summed E-state index contributed by atoms with van der Waals surface area (Å²) in [4.78, 5) is 12.1. The van der Waals surface area contributed by atoms with Crippen LogP contribution in [0.5, 0.6) is 0 Å². The Kier molecular flexibility index (Phi) is 29.4. The Labute approximate surface area is 215 Å². The molecular weight excluding hydrogens is 412 g/mol. The van der Waals surface area contributed by atoms with E-state index in [2.05, 4.69) is 38.2 Å². The standard InChI is InChI=1S/C33H62O/c1-3-5-7-9-11-13-15-17-18-20-22-24-26-28-30-32-33(34)31-29-27-25-23-21-19-16-14-12-10-8-6-4-2/h14,16-18H,3-13,15,19-32H2,1-2H3. The Hall–Kier alpha value is -0.850. The third-order valence-corrected chi connectivity index (χ3v) is 6.93. The van der Waals surface area contributed by atoms with Crippen LogP contribution in [0.25, 0.3) is 0 Å². The van der Waals surface area contributed by atoms with Crippen molar-refractivity contribution in [3.63, 3.8) is 0 Å². The van der Waals surface area contributed by atoms with Crippen molar-refractivity contribution in [2.24, 2.45) is 0 Å². The maximum absolute atomic E-state index is 12.1. The van der Waals surface area contributed by atoms with Gasteiger partial charge < -0.3 is 0 Å². The second-order valence-corrected chi connectivity index (χ2v) is 10.5. The summed E-state index contributed by atoms with van der Waals surface area (Å²) in [6.45, 7) is 4.55. The molecule has 0 unspecified atom stereocenters. The Morgan fingerprint density at radius 3 is 1.00 bits per heavy atom. The van der Waals surface area contributed by atoms with Crippen LogP contribution in [-0.4, -0.2) is 5.78 Å². The highest BCUT2D eigenvalue weighted by molar-refractivity contribution is 5.78. The molecule has 0 radical (unpaired) electrons.